The molecule has 2 unspecified atom stereocenters. The number of Topliss-reactive ketones (excluding diaryl/α,β-unsaturated/α-hetero) is 2. The van der Waals surface area contributed by atoms with Crippen LogP contribution in [0.5, 0.6) is 11.5 Å². The van der Waals surface area contributed by atoms with Gasteiger partial charge >= 0.3 is 0 Å². The first-order valence-electron chi connectivity index (χ1n) is 11.1. The Kier molecular flexibility index (Phi) is 11.4. The molecule has 0 aliphatic rings. The number of aliphatic hydroxyl groups is 2. The van der Waals surface area contributed by atoms with Crippen LogP contribution >= 0.6 is 63.7 Å². The second-order valence-corrected chi connectivity index (χ2v) is 12.5. The van der Waals surface area contributed by atoms with Crippen LogP contribution in [0, 0.1) is 0 Å². The first-order valence-corrected chi connectivity index (χ1v) is 14.2. The summed E-state index contributed by atoms with van der Waals surface area (Å²) in [5, 5.41) is 20.1. The van der Waals surface area contributed by atoms with Crippen molar-refractivity contribution < 1.29 is 29.3 Å². The van der Waals surface area contributed by atoms with Gasteiger partial charge in [0.25, 0.3) is 0 Å². The van der Waals surface area contributed by atoms with Crippen molar-refractivity contribution in [3.63, 3.8) is 0 Å². The zero-order chi connectivity index (χ0) is 28.2. The number of ketones is 2. The highest BCUT2D eigenvalue weighted by atomic mass is 79.9. The van der Waals surface area contributed by atoms with Crippen molar-refractivity contribution in [2.75, 3.05) is 13.2 Å². The Morgan fingerprint density at radius 3 is 1.27 bits per heavy atom. The number of carbonyl (C=O) groups is 2. The highest BCUT2D eigenvalue weighted by molar-refractivity contribution is 9.11. The van der Waals surface area contributed by atoms with Gasteiger partial charge in [-0.3, -0.25) is 9.59 Å². The van der Waals surface area contributed by atoms with E-state index in [2.05, 4.69) is 90.7 Å². The molecule has 37 heavy (non-hydrogen) atoms. The molecule has 0 radical (unpaired) electrons. The van der Waals surface area contributed by atoms with Gasteiger partial charge in [0.15, 0.2) is 23.8 Å². The molecular formula is C27H28Br4O6. The molecule has 2 atom stereocenters. The number of ether oxygens (including phenoxy) is 2. The lowest BCUT2D eigenvalue weighted by Gasteiger charge is -2.28. The lowest BCUT2D eigenvalue weighted by atomic mass is 9.78. The van der Waals surface area contributed by atoms with E-state index < -0.39 is 29.2 Å². The summed E-state index contributed by atoms with van der Waals surface area (Å²) in [5.74, 6) is -0.0137. The SMILES string of the molecule is C=C(C)C(=O)C(O)COc1c(Br)cc(C(C)(C)c2cc(Br)c(OCC(O)C(=O)C(=C)C)c(Br)c2)cc1Br. The number of hydrogen-bond acceptors (Lipinski definition) is 6. The molecule has 6 nitrogen and oxygen atoms in total. The quantitative estimate of drug-likeness (QED) is 0.230. The van der Waals surface area contributed by atoms with Crippen molar-refractivity contribution in [2.45, 2.75) is 45.3 Å². The lowest BCUT2D eigenvalue weighted by Crippen LogP contribution is -2.28. The zero-order valence-corrected chi connectivity index (χ0v) is 27.2. The summed E-state index contributed by atoms with van der Waals surface area (Å²) < 4.78 is 14.0. The van der Waals surface area contributed by atoms with Gasteiger partial charge in [0.05, 0.1) is 17.9 Å². The van der Waals surface area contributed by atoms with Gasteiger partial charge in [-0.15, -0.1) is 0 Å². The van der Waals surface area contributed by atoms with Gasteiger partial charge in [0.1, 0.15) is 24.7 Å². The van der Waals surface area contributed by atoms with Gasteiger partial charge in [-0.25, -0.2) is 0 Å². The van der Waals surface area contributed by atoms with E-state index in [1.165, 1.54) is 13.8 Å². The predicted octanol–water partition coefficient (Wildman–Crippen LogP) is 6.83. The lowest BCUT2D eigenvalue weighted by molar-refractivity contribution is -0.125. The van der Waals surface area contributed by atoms with Crippen LogP contribution in [0.25, 0.3) is 0 Å². The molecule has 0 amide bonds. The van der Waals surface area contributed by atoms with E-state index in [9.17, 15) is 19.8 Å². The molecule has 10 heteroatoms. The van der Waals surface area contributed by atoms with E-state index in [0.29, 0.717) is 29.4 Å². The van der Waals surface area contributed by atoms with Gasteiger partial charge < -0.3 is 19.7 Å². The van der Waals surface area contributed by atoms with Crippen LogP contribution < -0.4 is 9.47 Å². The number of carbonyl (C=O) groups excluding carboxylic acids is 2. The molecule has 0 saturated carbocycles. The van der Waals surface area contributed by atoms with E-state index in [-0.39, 0.29) is 24.4 Å². The molecular weight excluding hydrogens is 740 g/mol. The molecule has 0 spiro atoms. The van der Waals surface area contributed by atoms with Crippen LogP contribution in [0.3, 0.4) is 0 Å². The molecule has 2 rings (SSSR count). The predicted molar refractivity (Wildman–Crippen MR) is 158 cm³/mol. The second kappa shape index (κ2) is 13.2. The molecule has 2 aromatic rings. The van der Waals surface area contributed by atoms with Gasteiger partial charge in [0, 0.05) is 5.41 Å². The van der Waals surface area contributed by atoms with E-state index in [4.69, 9.17) is 9.47 Å². The van der Waals surface area contributed by atoms with Crippen LogP contribution in [0.1, 0.15) is 38.8 Å². The van der Waals surface area contributed by atoms with Crippen molar-refractivity contribution in [1.29, 1.82) is 0 Å². The third-order valence-corrected chi connectivity index (χ3v) is 8.01. The largest absolute Gasteiger partial charge is 0.488 e. The van der Waals surface area contributed by atoms with Crippen molar-refractivity contribution in [3.8, 4) is 11.5 Å². The number of halogens is 4. The van der Waals surface area contributed by atoms with E-state index in [1.54, 1.807) is 0 Å². The molecule has 0 heterocycles. The standard InChI is InChI=1S/C27H28Br4O6/c1-13(2)23(34)21(32)11-36-25-17(28)7-15(8-18(25)29)27(5,6)16-9-19(30)26(20(31)10-16)37-12-22(33)24(35)14(3)4/h7-10,21-22,32-33H,1,3,11-12H2,2,4-6H3. The Labute approximate surface area is 250 Å². The summed E-state index contributed by atoms with van der Waals surface area (Å²) in [6, 6.07) is 7.66. The summed E-state index contributed by atoms with van der Waals surface area (Å²) >= 11 is 14.2. The minimum Gasteiger partial charge on any atom is -0.488 e. The summed E-state index contributed by atoms with van der Waals surface area (Å²) in [4.78, 5) is 23.8. The van der Waals surface area contributed by atoms with Crippen molar-refractivity contribution in [3.05, 3.63) is 77.6 Å². The Balaban J connectivity index is 2.29. The summed E-state index contributed by atoms with van der Waals surface area (Å²) in [6.45, 7) is 13.9. The first kappa shape index (κ1) is 31.9. The Hall–Kier alpha value is -1.30. The van der Waals surface area contributed by atoms with Crippen LogP contribution in [0.2, 0.25) is 0 Å². The monoisotopic (exact) mass is 764 g/mol. The molecule has 200 valence electrons. The third kappa shape index (κ3) is 7.86. The van der Waals surface area contributed by atoms with Crippen LogP contribution in [0.15, 0.2) is 66.5 Å². The molecule has 2 N–H and O–H groups in total. The van der Waals surface area contributed by atoms with E-state index in [1.807, 2.05) is 24.3 Å². The van der Waals surface area contributed by atoms with E-state index in [0.717, 1.165) is 11.1 Å². The molecule has 0 bridgehead atoms. The van der Waals surface area contributed by atoms with Gasteiger partial charge in [-0.2, -0.15) is 0 Å². The second-order valence-electron chi connectivity index (χ2n) is 9.11. The summed E-state index contributed by atoms with van der Waals surface area (Å²) in [6.07, 6.45) is -2.61. The zero-order valence-electron chi connectivity index (χ0n) is 20.8. The fraction of sp³-hybridized carbons (Fsp3) is 0.333. The molecule has 2 aromatic carbocycles. The maximum Gasteiger partial charge on any atom is 0.189 e. The number of rotatable bonds is 12. The maximum atomic E-state index is 11.9. The highest BCUT2D eigenvalue weighted by Crippen LogP contribution is 2.44. The first-order chi connectivity index (χ1) is 17.1. The Morgan fingerprint density at radius 2 is 1.03 bits per heavy atom. The average molecular weight is 768 g/mol. The van der Waals surface area contributed by atoms with Crippen molar-refractivity contribution in [1.82, 2.24) is 0 Å². The van der Waals surface area contributed by atoms with Gasteiger partial charge in [-0.05, 0) is 124 Å². The van der Waals surface area contributed by atoms with Crippen molar-refractivity contribution >= 4 is 75.3 Å². The molecule has 0 aliphatic carbocycles. The van der Waals surface area contributed by atoms with Crippen molar-refractivity contribution in [2.24, 2.45) is 0 Å². The van der Waals surface area contributed by atoms with Crippen LogP contribution in [-0.4, -0.2) is 47.2 Å². The Morgan fingerprint density at radius 1 is 0.757 bits per heavy atom. The highest BCUT2D eigenvalue weighted by Gasteiger charge is 2.28. The fourth-order valence-electron chi connectivity index (χ4n) is 3.33. The molecule has 0 fully saturated rings. The summed E-state index contributed by atoms with van der Waals surface area (Å²) in [5.41, 5.74) is 1.95. The Bertz CT molecular complexity index is 1100. The van der Waals surface area contributed by atoms with E-state index >= 15 is 0 Å². The maximum absolute atomic E-state index is 11.9. The fourth-order valence-corrected chi connectivity index (χ4v) is 6.16. The molecule has 0 aliphatic heterocycles. The average Bonchev–Trinajstić information content (AvgIpc) is 2.81. The van der Waals surface area contributed by atoms with Crippen LogP contribution in [0.4, 0.5) is 0 Å². The van der Waals surface area contributed by atoms with Gasteiger partial charge in [-0.1, -0.05) is 27.0 Å². The number of aliphatic hydroxyl groups excluding tert-OH is 2. The third-order valence-electron chi connectivity index (χ3n) is 5.66. The minimum absolute atomic E-state index is 0.209. The number of hydrogen-bond donors (Lipinski definition) is 2. The van der Waals surface area contributed by atoms with Crippen LogP contribution in [-0.2, 0) is 15.0 Å². The normalized spacial score (nSPS) is 13.0. The molecule has 0 saturated heterocycles. The number of benzene rings is 2. The van der Waals surface area contributed by atoms with Gasteiger partial charge in [0.2, 0.25) is 0 Å². The summed E-state index contributed by atoms with van der Waals surface area (Å²) in [7, 11) is 0. The smallest absolute Gasteiger partial charge is 0.189 e. The minimum atomic E-state index is -1.30. The molecule has 0 aromatic heterocycles. The topological polar surface area (TPSA) is 93.1 Å².